The van der Waals surface area contributed by atoms with Gasteiger partial charge in [0.15, 0.2) is 0 Å². The highest BCUT2D eigenvalue weighted by Gasteiger charge is 2.20. The normalized spacial score (nSPS) is 16.8. The summed E-state index contributed by atoms with van der Waals surface area (Å²) in [6.45, 7) is 2.99. The van der Waals surface area contributed by atoms with E-state index in [1.54, 1.807) is 0 Å². The number of nitrogen functional groups attached to an aromatic ring is 1. The molecule has 3 N–H and O–H groups in total. The molecule has 1 fully saturated rings. The van der Waals surface area contributed by atoms with Crippen LogP contribution in [0.1, 0.15) is 52.2 Å². The van der Waals surface area contributed by atoms with Crippen molar-refractivity contribution >= 4 is 17.2 Å². The Bertz CT molecular complexity index is 438. The first-order valence-corrected chi connectivity index (χ1v) is 7.74. The molecule has 0 saturated heterocycles. The lowest BCUT2D eigenvalue weighted by Gasteiger charge is -2.31. The molecule has 1 amide bonds. The largest absolute Gasteiger partial charge is 0.299 e. The number of carbonyl (C=O) groups excluding carboxylic acids is 1. The first-order chi connectivity index (χ1) is 9.11. The quantitative estimate of drug-likeness (QED) is 0.506. The van der Waals surface area contributed by atoms with Crippen LogP contribution < -0.4 is 11.3 Å². The number of carbonyl (C=O) groups is 1. The van der Waals surface area contributed by atoms with Crippen molar-refractivity contribution in [1.29, 1.82) is 0 Å². The minimum absolute atomic E-state index is 0.195. The number of nitrogens with two attached hydrogens (primary N) is 1. The zero-order valence-electron chi connectivity index (χ0n) is 11.7. The van der Waals surface area contributed by atoms with Gasteiger partial charge in [-0.25, -0.2) is 5.84 Å². The molecule has 0 spiro atoms. The van der Waals surface area contributed by atoms with E-state index in [9.17, 15) is 4.79 Å². The molecule has 5 heteroatoms. The predicted octanol–water partition coefficient (Wildman–Crippen LogP) is 2.42. The van der Waals surface area contributed by atoms with Gasteiger partial charge < -0.3 is 0 Å². The highest BCUT2D eigenvalue weighted by atomic mass is 32.1. The number of rotatable bonds is 4. The van der Waals surface area contributed by atoms with E-state index in [1.807, 2.05) is 6.07 Å². The van der Waals surface area contributed by atoms with Crippen molar-refractivity contribution < 1.29 is 4.79 Å². The molecular weight excluding hydrogens is 258 g/mol. The first-order valence-electron chi connectivity index (χ1n) is 6.92. The highest BCUT2D eigenvalue weighted by Crippen LogP contribution is 2.26. The lowest BCUT2D eigenvalue weighted by molar-refractivity contribution is 0.0957. The smallest absolute Gasteiger partial charge is 0.275 e. The van der Waals surface area contributed by atoms with E-state index in [0.29, 0.717) is 10.9 Å². The highest BCUT2D eigenvalue weighted by molar-refractivity contribution is 7.14. The molecule has 1 heterocycles. The Morgan fingerprint density at radius 3 is 2.79 bits per heavy atom. The number of hydrogen-bond acceptors (Lipinski definition) is 4. The summed E-state index contributed by atoms with van der Waals surface area (Å²) in [6, 6.07) is 2.67. The Morgan fingerprint density at radius 2 is 2.16 bits per heavy atom. The standard InChI is InChI=1S/C14H23N3OS/c1-10-11(8-13(19-10)14(18)16-15)9-17(2)12-6-4-3-5-7-12/h8,12H,3-7,9,15H2,1-2H3,(H,16,18). The van der Waals surface area contributed by atoms with E-state index in [1.165, 1.54) is 53.9 Å². The van der Waals surface area contributed by atoms with Gasteiger partial charge in [-0.2, -0.15) is 0 Å². The van der Waals surface area contributed by atoms with Crippen LogP contribution in [0.3, 0.4) is 0 Å². The third-order valence-electron chi connectivity index (χ3n) is 3.99. The Balaban J connectivity index is 2.01. The van der Waals surface area contributed by atoms with Gasteiger partial charge in [-0.3, -0.25) is 15.1 Å². The van der Waals surface area contributed by atoms with Crippen LogP contribution in [0, 0.1) is 6.92 Å². The third-order valence-corrected chi connectivity index (χ3v) is 5.08. The van der Waals surface area contributed by atoms with Crippen LogP contribution in [0.25, 0.3) is 0 Å². The summed E-state index contributed by atoms with van der Waals surface area (Å²) in [5.74, 6) is 4.98. The molecule has 0 atom stereocenters. The van der Waals surface area contributed by atoms with Gasteiger partial charge in [0.25, 0.3) is 5.91 Å². The molecule has 4 nitrogen and oxygen atoms in total. The van der Waals surface area contributed by atoms with E-state index in [-0.39, 0.29) is 5.91 Å². The van der Waals surface area contributed by atoms with Gasteiger partial charge in [0.2, 0.25) is 0 Å². The maximum absolute atomic E-state index is 11.5. The lowest BCUT2D eigenvalue weighted by atomic mass is 9.94. The summed E-state index contributed by atoms with van der Waals surface area (Å²) >= 11 is 1.52. The van der Waals surface area contributed by atoms with Crippen molar-refractivity contribution in [2.75, 3.05) is 7.05 Å². The van der Waals surface area contributed by atoms with Crippen LogP contribution >= 0.6 is 11.3 Å². The van der Waals surface area contributed by atoms with Gasteiger partial charge in [0.1, 0.15) is 0 Å². The number of amides is 1. The minimum Gasteiger partial charge on any atom is -0.299 e. The van der Waals surface area contributed by atoms with Crippen LogP contribution in [0.5, 0.6) is 0 Å². The number of thiophene rings is 1. The van der Waals surface area contributed by atoms with E-state index in [2.05, 4.69) is 24.3 Å². The van der Waals surface area contributed by atoms with Crippen LogP contribution in [0.2, 0.25) is 0 Å². The molecule has 0 unspecified atom stereocenters. The van der Waals surface area contributed by atoms with Gasteiger partial charge in [-0.05, 0) is 38.4 Å². The van der Waals surface area contributed by atoms with Crippen molar-refractivity contribution in [3.8, 4) is 0 Å². The maximum Gasteiger partial charge on any atom is 0.275 e. The second-order valence-electron chi connectivity index (χ2n) is 5.37. The predicted molar refractivity (Wildman–Crippen MR) is 79.0 cm³/mol. The summed E-state index contributed by atoms with van der Waals surface area (Å²) in [4.78, 5) is 15.9. The number of nitrogens with one attached hydrogen (secondary N) is 1. The molecule has 0 aromatic carbocycles. The zero-order chi connectivity index (χ0) is 13.8. The molecule has 1 aromatic heterocycles. The van der Waals surface area contributed by atoms with E-state index < -0.39 is 0 Å². The summed E-state index contributed by atoms with van der Waals surface area (Å²) in [7, 11) is 2.19. The number of hydrazine groups is 1. The van der Waals surface area contributed by atoms with E-state index in [0.717, 1.165) is 6.54 Å². The van der Waals surface area contributed by atoms with Gasteiger partial charge in [0, 0.05) is 17.5 Å². The summed E-state index contributed by atoms with van der Waals surface area (Å²) < 4.78 is 0. The van der Waals surface area contributed by atoms with Gasteiger partial charge in [-0.1, -0.05) is 19.3 Å². The molecule has 0 bridgehead atoms. The van der Waals surface area contributed by atoms with Crippen LogP contribution in [0.4, 0.5) is 0 Å². The van der Waals surface area contributed by atoms with Crippen LogP contribution in [-0.2, 0) is 6.54 Å². The maximum atomic E-state index is 11.5. The fraction of sp³-hybridized carbons (Fsp3) is 0.643. The van der Waals surface area contributed by atoms with Crippen molar-refractivity contribution in [1.82, 2.24) is 10.3 Å². The SMILES string of the molecule is Cc1sc(C(=O)NN)cc1CN(C)C1CCCCC1. The molecule has 19 heavy (non-hydrogen) atoms. The Labute approximate surface area is 118 Å². The molecule has 2 rings (SSSR count). The molecule has 1 aromatic rings. The van der Waals surface area contributed by atoms with Gasteiger partial charge in [0.05, 0.1) is 4.88 Å². The van der Waals surface area contributed by atoms with Crippen molar-refractivity contribution in [3.63, 3.8) is 0 Å². The molecule has 106 valence electrons. The van der Waals surface area contributed by atoms with Crippen molar-refractivity contribution in [3.05, 3.63) is 21.4 Å². The summed E-state index contributed by atoms with van der Waals surface area (Å²) in [5.41, 5.74) is 3.44. The Morgan fingerprint density at radius 1 is 1.47 bits per heavy atom. The fourth-order valence-electron chi connectivity index (χ4n) is 2.78. The molecule has 0 aliphatic heterocycles. The summed E-state index contributed by atoms with van der Waals surface area (Å²) in [5, 5.41) is 0. The van der Waals surface area contributed by atoms with Crippen LogP contribution in [-0.4, -0.2) is 23.9 Å². The molecular formula is C14H23N3OS. The first kappa shape index (κ1) is 14.5. The third kappa shape index (κ3) is 3.55. The number of nitrogens with zero attached hydrogens (tertiary/aromatic N) is 1. The average molecular weight is 281 g/mol. The molecule has 1 aliphatic carbocycles. The number of hydrogen-bond donors (Lipinski definition) is 2. The van der Waals surface area contributed by atoms with Gasteiger partial charge in [-0.15, -0.1) is 11.3 Å². The zero-order valence-corrected chi connectivity index (χ0v) is 12.6. The lowest BCUT2D eigenvalue weighted by Crippen LogP contribution is -2.33. The molecule has 1 aliphatic rings. The topological polar surface area (TPSA) is 58.4 Å². The van der Waals surface area contributed by atoms with Crippen molar-refractivity contribution in [2.24, 2.45) is 5.84 Å². The van der Waals surface area contributed by atoms with Crippen LogP contribution in [0.15, 0.2) is 6.07 Å². The minimum atomic E-state index is -0.195. The Kier molecular flexibility index (Phi) is 4.96. The number of aryl methyl sites for hydroxylation is 1. The second kappa shape index (κ2) is 6.50. The van der Waals surface area contributed by atoms with Crippen molar-refractivity contribution in [2.45, 2.75) is 51.6 Å². The van der Waals surface area contributed by atoms with Gasteiger partial charge >= 0.3 is 0 Å². The molecule has 0 radical (unpaired) electrons. The molecule has 1 saturated carbocycles. The second-order valence-corrected chi connectivity index (χ2v) is 6.63. The monoisotopic (exact) mass is 281 g/mol. The van der Waals surface area contributed by atoms with E-state index in [4.69, 9.17) is 5.84 Å². The average Bonchev–Trinajstić information content (AvgIpc) is 2.80. The fourth-order valence-corrected chi connectivity index (χ4v) is 3.72. The Hall–Kier alpha value is -0.910. The summed E-state index contributed by atoms with van der Waals surface area (Å²) in [6.07, 6.45) is 6.67. The van der Waals surface area contributed by atoms with E-state index >= 15 is 0 Å².